The van der Waals surface area contributed by atoms with E-state index in [2.05, 4.69) is 0 Å². The van der Waals surface area contributed by atoms with E-state index < -0.39 is 35.3 Å². The molecule has 3 heterocycles. The number of hydrogen-bond acceptors (Lipinski definition) is 6. The van der Waals surface area contributed by atoms with Gasteiger partial charge in [-0.25, -0.2) is 9.59 Å². The molecule has 7 heteroatoms. The predicted molar refractivity (Wildman–Crippen MR) is 92.6 cm³/mol. The largest absolute Gasteiger partial charge is 0.459 e. The second kappa shape index (κ2) is 6.18. The maximum absolute atomic E-state index is 12.7. The highest BCUT2D eigenvalue weighted by Crippen LogP contribution is 2.45. The molecule has 3 rings (SSSR count). The number of nitrogens with zero attached hydrogens (tertiary/aromatic N) is 1. The molecule has 26 heavy (non-hydrogen) atoms. The second-order valence-electron chi connectivity index (χ2n) is 8.08. The van der Waals surface area contributed by atoms with Gasteiger partial charge in [-0.05, 0) is 32.3 Å². The number of hydrogen-bond donors (Lipinski definition) is 2. The Bertz CT molecular complexity index is 696. The van der Waals surface area contributed by atoms with Crippen LogP contribution in [0.2, 0.25) is 0 Å². The molecule has 0 bridgehead atoms. The van der Waals surface area contributed by atoms with Gasteiger partial charge in [-0.15, -0.1) is 0 Å². The van der Waals surface area contributed by atoms with Crippen molar-refractivity contribution in [2.75, 3.05) is 26.7 Å². The van der Waals surface area contributed by atoms with Gasteiger partial charge in [-0.1, -0.05) is 13.0 Å². The standard InChI is InChI=1S/C19H28NO6/c1-5-13-10-12(2)18(3,23)17(22)25-11-14-6-8-20(4)9-7-15(19(14,20)24)26-16(13)21/h5-6,12,15,23-24H,7-11H2,1-4H3/q+1. The number of quaternary nitrogens is 1. The summed E-state index contributed by atoms with van der Waals surface area (Å²) in [6.07, 6.45) is 3.49. The monoisotopic (exact) mass is 366 g/mol. The Morgan fingerprint density at radius 1 is 1.35 bits per heavy atom. The molecule has 3 aliphatic heterocycles. The Morgan fingerprint density at radius 3 is 2.69 bits per heavy atom. The maximum Gasteiger partial charge on any atom is 0.338 e. The topological polar surface area (TPSA) is 93.1 Å². The number of likely N-dealkylation sites (N-methyl/N-ethyl adjacent to an activating group) is 1. The Morgan fingerprint density at radius 2 is 2.04 bits per heavy atom. The second-order valence-corrected chi connectivity index (χ2v) is 8.08. The summed E-state index contributed by atoms with van der Waals surface area (Å²) in [7, 11) is 1.90. The number of carbonyl (C=O) groups excluding carboxylic acids is 2. The van der Waals surface area contributed by atoms with Crippen LogP contribution in [0.25, 0.3) is 0 Å². The zero-order chi connectivity index (χ0) is 19.3. The lowest BCUT2D eigenvalue weighted by Gasteiger charge is -2.40. The van der Waals surface area contributed by atoms with E-state index >= 15 is 0 Å². The van der Waals surface area contributed by atoms with Gasteiger partial charge in [0, 0.05) is 12.0 Å². The lowest BCUT2D eigenvalue weighted by atomic mass is 9.85. The van der Waals surface area contributed by atoms with Crippen LogP contribution in [0.3, 0.4) is 0 Å². The van der Waals surface area contributed by atoms with Crippen LogP contribution in [0.5, 0.6) is 0 Å². The molecule has 0 saturated carbocycles. The summed E-state index contributed by atoms with van der Waals surface area (Å²) in [5.41, 5.74) is -2.26. The molecule has 0 aromatic carbocycles. The van der Waals surface area contributed by atoms with Crippen molar-refractivity contribution in [3.63, 3.8) is 0 Å². The van der Waals surface area contributed by atoms with Gasteiger partial charge in [0.05, 0.1) is 19.2 Å². The molecule has 0 aliphatic carbocycles. The van der Waals surface area contributed by atoms with Crippen molar-refractivity contribution in [1.82, 2.24) is 0 Å². The number of ether oxygens (including phenoxy) is 2. The average molecular weight is 366 g/mol. The Kier molecular flexibility index (Phi) is 4.53. The van der Waals surface area contributed by atoms with Crippen LogP contribution >= 0.6 is 0 Å². The van der Waals surface area contributed by atoms with Crippen molar-refractivity contribution in [1.29, 1.82) is 0 Å². The van der Waals surface area contributed by atoms with Crippen molar-refractivity contribution in [3.8, 4) is 0 Å². The Labute approximate surface area is 153 Å². The first kappa shape index (κ1) is 19.1. The van der Waals surface area contributed by atoms with Crippen molar-refractivity contribution in [2.24, 2.45) is 5.92 Å². The number of carbonyl (C=O) groups is 2. The highest BCUT2D eigenvalue weighted by molar-refractivity contribution is 5.89. The molecule has 0 radical (unpaired) electrons. The quantitative estimate of drug-likeness (QED) is 0.283. The van der Waals surface area contributed by atoms with Crippen LogP contribution in [0.15, 0.2) is 23.3 Å². The van der Waals surface area contributed by atoms with Crippen molar-refractivity contribution in [3.05, 3.63) is 23.3 Å². The van der Waals surface area contributed by atoms with Crippen molar-refractivity contribution in [2.45, 2.75) is 51.0 Å². The molecule has 0 aromatic heterocycles. The molecule has 0 amide bonds. The van der Waals surface area contributed by atoms with E-state index in [1.807, 2.05) is 13.1 Å². The summed E-state index contributed by atoms with van der Waals surface area (Å²) in [6.45, 7) is 5.89. The lowest BCUT2D eigenvalue weighted by molar-refractivity contribution is -0.955. The molecule has 2 saturated heterocycles. The molecule has 0 aromatic rings. The Balaban J connectivity index is 2.01. The molecule has 144 valence electrons. The lowest BCUT2D eigenvalue weighted by Crippen LogP contribution is -2.61. The smallest absolute Gasteiger partial charge is 0.338 e. The van der Waals surface area contributed by atoms with Crippen LogP contribution in [-0.4, -0.2) is 70.8 Å². The molecule has 2 N–H and O–H groups in total. The number of allylic oxidation sites excluding steroid dienone is 1. The van der Waals surface area contributed by atoms with Crippen LogP contribution in [-0.2, 0) is 19.1 Å². The Hall–Kier alpha value is -1.70. The minimum Gasteiger partial charge on any atom is -0.459 e. The maximum atomic E-state index is 12.7. The van der Waals surface area contributed by atoms with E-state index in [-0.39, 0.29) is 13.0 Å². The third kappa shape index (κ3) is 2.61. The van der Waals surface area contributed by atoms with E-state index in [4.69, 9.17) is 9.47 Å². The van der Waals surface area contributed by atoms with Crippen molar-refractivity contribution < 1.29 is 33.8 Å². The summed E-state index contributed by atoms with van der Waals surface area (Å²) >= 11 is 0. The van der Waals surface area contributed by atoms with Gasteiger partial charge in [0.15, 0.2) is 11.7 Å². The third-order valence-electron chi connectivity index (χ3n) is 6.49. The average Bonchev–Trinajstić information content (AvgIpc) is 2.98. The van der Waals surface area contributed by atoms with Gasteiger partial charge in [0.1, 0.15) is 13.2 Å². The van der Waals surface area contributed by atoms with E-state index in [9.17, 15) is 19.8 Å². The summed E-state index contributed by atoms with van der Waals surface area (Å²) in [5, 5.41) is 22.1. The van der Waals surface area contributed by atoms with Gasteiger partial charge in [-0.3, -0.25) is 4.48 Å². The SMILES string of the molecule is CC=C1CC(C)C(C)(O)C(=O)OCC2=CC[N+]3(C)CCC(OC1=O)C23O. The van der Waals surface area contributed by atoms with Crippen LogP contribution in [0.1, 0.15) is 33.6 Å². The van der Waals surface area contributed by atoms with Gasteiger partial charge >= 0.3 is 11.9 Å². The molecule has 5 unspecified atom stereocenters. The first-order valence-corrected chi connectivity index (χ1v) is 9.08. The zero-order valence-electron chi connectivity index (χ0n) is 15.8. The highest BCUT2D eigenvalue weighted by atomic mass is 16.6. The summed E-state index contributed by atoms with van der Waals surface area (Å²) in [5.74, 6) is -1.80. The van der Waals surface area contributed by atoms with E-state index in [0.29, 0.717) is 35.1 Å². The normalized spacial score (nSPS) is 45.3. The van der Waals surface area contributed by atoms with Crippen molar-refractivity contribution >= 4 is 11.9 Å². The number of cyclic esters (lactones) is 1. The number of aliphatic hydroxyl groups is 2. The zero-order valence-corrected chi connectivity index (χ0v) is 15.8. The molecular weight excluding hydrogens is 338 g/mol. The molecular formula is C19H28NO6+. The summed E-state index contributed by atoms with van der Waals surface area (Å²) in [4.78, 5) is 25.2. The van der Waals surface area contributed by atoms with Gasteiger partial charge < -0.3 is 19.7 Å². The van der Waals surface area contributed by atoms with Crippen LogP contribution < -0.4 is 0 Å². The predicted octanol–water partition coefficient (Wildman–Crippen LogP) is 0.657. The van der Waals surface area contributed by atoms with Crippen LogP contribution in [0.4, 0.5) is 0 Å². The molecule has 5 atom stereocenters. The minimum atomic E-state index is -1.75. The van der Waals surface area contributed by atoms with Crippen LogP contribution in [0, 0.1) is 5.92 Å². The number of esters is 2. The minimum absolute atomic E-state index is 0.128. The van der Waals surface area contributed by atoms with E-state index in [1.54, 1.807) is 19.9 Å². The summed E-state index contributed by atoms with van der Waals surface area (Å²) in [6, 6.07) is 0. The van der Waals surface area contributed by atoms with Gasteiger partial charge in [-0.2, -0.15) is 0 Å². The van der Waals surface area contributed by atoms with Gasteiger partial charge in [0.25, 0.3) is 5.72 Å². The number of rotatable bonds is 0. The van der Waals surface area contributed by atoms with E-state index in [1.165, 1.54) is 6.92 Å². The van der Waals surface area contributed by atoms with Gasteiger partial charge in [0.2, 0.25) is 0 Å². The molecule has 2 fully saturated rings. The first-order chi connectivity index (χ1) is 12.1. The highest BCUT2D eigenvalue weighted by Gasteiger charge is 2.65. The first-order valence-electron chi connectivity index (χ1n) is 9.08. The molecule has 3 aliphatic rings. The summed E-state index contributed by atoms with van der Waals surface area (Å²) < 4.78 is 11.4. The fourth-order valence-electron chi connectivity index (χ4n) is 4.22. The van der Waals surface area contributed by atoms with E-state index in [0.717, 1.165) is 0 Å². The molecule has 0 spiro atoms. The molecule has 7 nitrogen and oxygen atoms in total. The third-order valence-corrected chi connectivity index (χ3v) is 6.49. The fraction of sp³-hybridized carbons (Fsp3) is 0.684. The fourth-order valence-corrected chi connectivity index (χ4v) is 4.22.